The number of nitrogens with zero attached hydrogens (tertiary/aromatic N) is 4. The van der Waals surface area contributed by atoms with Crippen LogP contribution in [0.15, 0.2) is 53.1 Å². The molecule has 8 heteroatoms. The molecule has 0 N–H and O–H groups in total. The number of piperazine rings is 1. The van der Waals surface area contributed by atoms with E-state index in [-0.39, 0.29) is 11.8 Å². The Balaban J connectivity index is 1.21. The van der Waals surface area contributed by atoms with E-state index in [0.29, 0.717) is 67.7 Å². The number of halogens is 1. The summed E-state index contributed by atoms with van der Waals surface area (Å²) in [6, 6.07) is 15.0. The zero-order valence-corrected chi connectivity index (χ0v) is 19.4. The first-order valence-corrected chi connectivity index (χ1v) is 11.7. The Morgan fingerprint density at radius 1 is 0.970 bits per heavy atom. The molecule has 33 heavy (non-hydrogen) atoms. The average molecular weight is 467 g/mol. The Hall–Kier alpha value is -3.19. The van der Waals surface area contributed by atoms with Gasteiger partial charge in [0.1, 0.15) is 0 Å². The second kappa shape index (κ2) is 10.6. The lowest BCUT2D eigenvalue weighted by molar-refractivity contribution is -0.132. The molecule has 0 saturated carbocycles. The first-order chi connectivity index (χ1) is 16.0. The smallest absolute Gasteiger partial charge is 0.253 e. The summed E-state index contributed by atoms with van der Waals surface area (Å²) in [7, 11) is 0. The van der Waals surface area contributed by atoms with E-state index < -0.39 is 0 Å². The molecule has 1 aliphatic rings. The summed E-state index contributed by atoms with van der Waals surface area (Å²) >= 11 is 5.91. The van der Waals surface area contributed by atoms with Crippen molar-refractivity contribution in [1.29, 1.82) is 0 Å². The van der Waals surface area contributed by atoms with Crippen molar-refractivity contribution in [3.8, 4) is 11.4 Å². The molecule has 0 atom stereocenters. The van der Waals surface area contributed by atoms with Crippen LogP contribution in [0.2, 0.25) is 5.02 Å². The highest BCUT2D eigenvalue weighted by Gasteiger charge is 2.24. The van der Waals surface area contributed by atoms with Crippen molar-refractivity contribution < 1.29 is 14.1 Å². The van der Waals surface area contributed by atoms with E-state index in [2.05, 4.69) is 17.1 Å². The topological polar surface area (TPSA) is 79.5 Å². The van der Waals surface area contributed by atoms with Crippen LogP contribution in [-0.2, 0) is 17.6 Å². The van der Waals surface area contributed by atoms with E-state index in [1.807, 2.05) is 46.2 Å². The van der Waals surface area contributed by atoms with Crippen molar-refractivity contribution in [2.45, 2.75) is 32.6 Å². The van der Waals surface area contributed by atoms with Gasteiger partial charge in [-0.05, 0) is 54.8 Å². The number of aryl methyl sites for hydroxylation is 2. The number of hydrogen-bond acceptors (Lipinski definition) is 5. The molecule has 0 bridgehead atoms. The fourth-order valence-corrected chi connectivity index (χ4v) is 3.97. The van der Waals surface area contributed by atoms with Gasteiger partial charge in [-0.3, -0.25) is 9.59 Å². The maximum absolute atomic E-state index is 12.7. The number of rotatable bonds is 7. The fraction of sp³-hybridized carbons (Fsp3) is 0.360. The summed E-state index contributed by atoms with van der Waals surface area (Å²) < 4.78 is 5.31. The van der Waals surface area contributed by atoms with Gasteiger partial charge in [-0.2, -0.15) is 4.98 Å². The third kappa shape index (κ3) is 5.79. The number of amides is 2. The summed E-state index contributed by atoms with van der Waals surface area (Å²) in [5.74, 6) is 1.14. The monoisotopic (exact) mass is 466 g/mol. The molecule has 1 aromatic heterocycles. The Labute approximate surface area is 198 Å². The Kier molecular flexibility index (Phi) is 7.40. The summed E-state index contributed by atoms with van der Waals surface area (Å²) in [5.41, 5.74) is 2.74. The van der Waals surface area contributed by atoms with Crippen molar-refractivity contribution in [3.05, 3.63) is 70.6 Å². The summed E-state index contributed by atoms with van der Waals surface area (Å²) in [5, 5.41) is 4.65. The third-order valence-electron chi connectivity index (χ3n) is 5.88. The maximum atomic E-state index is 12.7. The molecule has 4 rings (SSSR count). The molecule has 1 saturated heterocycles. The van der Waals surface area contributed by atoms with Crippen LogP contribution in [0.3, 0.4) is 0 Å². The lowest BCUT2D eigenvalue weighted by atomic mass is 10.1. The van der Waals surface area contributed by atoms with E-state index in [0.717, 1.165) is 12.0 Å². The van der Waals surface area contributed by atoms with Crippen molar-refractivity contribution in [1.82, 2.24) is 19.9 Å². The predicted octanol–water partition coefficient (Wildman–Crippen LogP) is 4.26. The van der Waals surface area contributed by atoms with Gasteiger partial charge in [-0.25, -0.2) is 0 Å². The molecule has 0 aliphatic carbocycles. The van der Waals surface area contributed by atoms with E-state index in [1.165, 1.54) is 5.56 Å². The molecule has 3 aromatic rings. The van der Waals surface area contributed by atoms with Crippen LogP contribution in [0.25, 0.3) is 11.4 Å². The highest BCUT2D eigenvalue weighted by molar-refractivity contribution is 6.30. The molecule has 0 unspecified atom stereocenters. The van der Waals surface area contributed by atoms with Gasteiger partial charge in [0.25, 0.3) is 5.91 Å². The normalized spacial score (nSPS) is 13.9. The van der Waals surface area contributed by atoms with E-state index in [4.69, 9.17) is 16.1 Å². The molecule has 0 spiro atoms. The quantitative estimate of drug-likeness (QED) is 0.519. The molecule has 172 valence electrons. The zero-order chi connectivity index (χ0) is 23.2. The van der Waals surface area contributed by atoms with Crippen molar-refractivity contribution in [3.63, 3.8) is 0 Å². The minimum absolute atomic E-state index is 0.0256. The van der Waals surface area contributed by atoms with Crippen LogP contribution in [0.5, 0.6) is 0 Å². The molecule has 1 aliphatic heterocycles. The molecule has 2 heterocycles. The van der Waals surface area contributed by atoms with Gasteiger partial charge in [0, 0.05) is 55.2 Å². The lowest BCUT2D eigenvalue weighted by Gasteiger charge is -2.35. The second-order valence-electron chi connectivity index (χ2n) is 8.10. The summed E-state index contributed by atoms with van der Waals surface area (Å²) in [6.45, 7) is 4.30. The van der Waals surface area contributed by atoms with Crippen LogP contribution in [0.1, 0.15) is 41.6 Å². The Morgan fingerprint density at radius 2 is 1.64 bits per heavy atom. The minimum atomic E-state index is 0.0256. The van der Waals surface area contributed by atoms with E-state index in [9.17, 15) is 9.59 Å². The van der Waals surface area contributed by atoms with E-state index >= 15 is 0 Å². The van der Waals surface area contributed by atoms with Crippen LogP contribution < -0.4 is 0 Å². The maximum Gasteiger partial charge on any atom is 0.253 e. The van der Waals surface area contributed by atoms with Gasteiger partial charge < -0.3 is 14.3 Å². The summed E-state index contributed by atoms with van der Waals surface area (Å²) in [4.78, 5) is 33.4. The standard InChI is InChI=1S/C25H27ClN4O3/c1-2-18-6-8-20(9-7-18)25(32)30-16-14-29(15-17-30)23(31)5-3-4-22-27-24(28-33-22)19-10-12-21(26)13-11-19/h6-13H,2-5,14-17H2,1H3. The van der Waals surface area contributed by atoms with Crippen molar-refractivity contribution >= 4 is 23.4 Å². The molecule has 2 aromatic carbocycles. The molecule has 0 radical (unpaired) electrons. The number of aromatic nitrogens is 2. The molecular weight excluding hydrogens is 440 g/mol. The Morgan fingerprint density at radius 3 is 2.30 bits per heavy atom. The van der Waals surface area contributed by atoms with Gasteiger partial charge in [-0.15, -0.1) is 0 Å². The van der Waals surface area contributed by atoms with Crippen molar-refractivity contribution in [2.75, 3.05) is 26.2 Å². The van der Waals surface area contributed by atoms with Gasteiger partial charge in [0.15, 0.2) is 0 Å². The number of carbonyl (C=O) groups excluding carboxylic acids is 2. The number of benzene rings is 2. The van der Waals surface area contributed by atoms with Gasteiger partial charge >= 0.3 is 0 Å². The largest absolute Gasteiger partial charge is 0.339 e. The first-order valence-electron chi connectivity index (χ1n) is 11.3. The number of hydrogen-bond donors (Lipinski definition) is 0. The lowest BCUT2D eigenvalue weighted by Crippen LogP contribution is -2.50. The predicted molar refractivity (Wildman–Crippen MR) is 126 cm³/mol. The molecular formula is C25H27ClN4O3. The molecule has 7 nitrogen and oxygen atoms in total. The number of carbonyl (C=O) groups is 2. The molecule has 2 amide bonds. The van der Waals surface area contributed by atoms with E-state index in [1.54, 1.807) is 12.1 Å². The van der Waals surface area contributed by atoms with Crippen LogP contribution in [0.4, 0.5) is 0 Å². The highest BCUT2D eigenvalue weighted by atomic mass is 35.5. The van der Waals surface area contributed by atoms with Gasteiger partial charge in [-0.1, -0.05) is 35.8 Å². The second-order valence-corrected chi connectivity index (χ2v) is 8.53. The van der Waals surface area contributed by atoms with Gasteiger partial charge in [0.05, 0.1) is 0 Å². The van der Waals surface area contributed by atoms with Gasteiger partial charge in [0.2, 0.25) is 17.6 Å². The fourth-order valence-electron chi connectivity index (χ4n) is 3.85. The SMILES string of the molecule is CCc1ccc(C(=O)N2CCN(C(=O)CCCc3nc(-c4ccc(Cl)cc4)no3)CC2)cc1. The third-order valence-corrected chi connectivity index (χ3v) is 6.13. The summed E-state index contributed by atoms with van der Waals surface area (Å²) in [6.07, 6.45) is 2.53. The first kappa shape index (κ1) is 23.0. The van der Waals surface area contributed by atoms with Crippen LogP contribution in [-0.4, -0.2) is 57.9 Å². The zero-order valence-electron chi connectivity index (χ0n) is 18.7. The van der Waals surface area contributed by atoms with Crippen LogP contribution in [0, 0.1) is 0 Å². The minimum Gasteiger partial charge on any atom is -0.339 e. The average Bonchev–Trinajstić information content (AvgIpc) is 3.33. The highest BCUT2D eigenvalue weighted by Crippen LogP contribution is 2.19. The molecule has 1 fully saturated rings. The van der Waals surface area contributed by atoms with Crippen molar-refractivity contribution in [2.24, 2.45) is 0 Å². The Bertz CT molecular complexity index is 1090. The van der Waals surface area contributed by atoms with Crippen LogP contribution >= 0.6 is 11.6 Å².